The molecule has 2 N–H and O–H groups in total. The van der Waals surface area contributed by atoms with Crippen molar-refractivity contribution in [2.75, 3.05) is 7.11 Å². The maximum absolute atomic E-state index is 12.0. The fourth-order valence-corrected chi connectivity index (χ4v) is 1.87. The second kappa shape index (κ2) is 5.87. The summed E-state index contributed by atoms with van der Waals surface area (Å²) in [6, 6.07) is 6.88. The maximum Gasteiger partial charge on any atom is 0.251 e. The van der Waals surface area contributed by atoms with E-state index in [1.807, 2.05) is 6.92 Å². The first kappa shape index (κ1) is 14.5. The third-order valence-electron chi connectivity index (χ3n) is 2.52. The molecule has 0 aromatic heterocycles. The van der Waals surface area contributed by atoms with Crippen LogP contribution in [0.5, 0.6) is 5.75 Å². The Balaban J connectivity index is 2.64. The molecule has 0 heterocycles. The highest BCUT2D eigenvalue weighted by Crippen LogP contribution is 2.14. The van der Waals surface area contributed by atoms with E-state index >= 15 is 0 Å². The van der Waals surface area contributed by atoms with Crippen LogP contribution in [0.4, 0.5) is 0 Å². The highest BCUT2D eigenvalue weighted by atomic mass is 16.5. The van der Waals surface area contributed by atoms with E-state index in [2.05, 4.69) is 5.32 Å². The molecule has 0 unspecified atom stereocenters. The molecule has 1 atom stereocenters. The number of carbonyl (C=O) groups excluding carboxylic acids is 1. The molecule has 0 aliphatic carbocycles. The summed E-state index contributed by atoms with van der Waals surface area (Å²) in [5, 5.41) is 12.5. The fraction of sp³-hybridized carbons (Fsp3) is 0.500. The fourth-order valence-electron chi connectivity index (χ4n) is 1.87. The first-order valence-electron chi connectivity index (χ1n) is 5.99. The Morgan fingerprint density at radius 3 is 2.72 bits per heavy atom. The van der Waals surface area contributed by atoms with Crippen LogP contribution in [0.15, 0.2) is 24.3 Å². The van der Waals surface area contributed by atoms with Gasteiger partial charge in [0.05, 0.1) is 12.7 Å². The van der Waals surface area contributed by atoms with Crippen molar-refractivity contribution >= 4 is 5.91 Å². The lowest BCUT2D eigenvalue weighted by Gasteiger charge is -2.23. The normalized spacial score (nSPS) is 12.9. The lowest BCUT2D eigenvalue weighted by atomic mass is 10.00. The molecule has 1 amide bonds. The molecule has 4 nitrogen and oxygen atoms in total. The molecule has 0 fully saturated rings. The van der Waals surface area contributed by atoms with Crippen LogP contribution in [0.3, 0.4) is 0 Å². The lowest BCUT2D eigenvalue weighted by Crippen LogP contribution is -2.38. The van der Waals surface area contributed by atoms with E-state index in [4.69, 9.17) is 4.74 Å². The Hall–Kier alpha value is -1.55. The van der Waals surface area contributed by atoms with Gasteiger partial charge in [-0.05, 0) is 45.4 Å². The molecule has 0 spiro atoms. The molecular weight excluding hydrogens is 230 g/mol. The minimum atomic E-state index is -0.791. The number of nitrogens with one attached hydrogen (secondary N) is 1. The highest BCUT2D eigenvalue weighted by molar-refractivity contribution is 5.94. The van der Waals surface area contributed by atoms with Gasteiger partial charge in [-0.25, -0.2) is 0 Å². The van der Waals surface area contributed by atoms with Crippen LogP contribution in [-0.4, -0.2) is 29.8 Å². The highest BCUT2D eigenvalue weighted by Gasteiger charge is 2.19. The molecule has 0 saturated carbocycles. The summed E-state index contributed by atoms with van der Waals surface area (Å²) in [4.78, 5) is 12.0. The predicted molar refractivity (Wildman–Crippen MR) is 70.8 cm³/mol. The summed E-state index contributed by atoms with van der Waals surface area (Å²) >= 11 is 0. The van der Waals surface area contributed by atoms with Crippen molar-refractivity contribution in [2.45, 2.75) is 38.8 Å². The van der Waals surface area contributed by atoms with Crippen LogP contribution in [0.2, 0.25) is 0 Å². The van der Waals surface area contributed by atoms with E-state index in [9.17, 15) is 9.90 Å². The van der Waals surface area contributed by atoms with E-state index in [-0.39, 0.29) is 11.9 Å². The van der Waals surface area contributed by atoms with Crippen LogP contribution in [0.25, 0.3) is 0 Å². The average molecular weight is 251 g/mol. The van der Waals surface area contributed by atoms with Crippen molar-refractivity contribution in [3.63, 3.8) is 0 Å². The average Bonchev–Trinajstić information content (AvgIpc) is 2.26. The van der Waals surface area contributed by atoms with E-state index in [0.717, 1.165) is 0 Å². The number of carbonyl (C=O) groups is 1. The van der Waals surface area contributed by atoms with E-state index < -0.39 is 5.60 Å². The van der Waals surface area contributed by atoms with Gasteiger partial charge in [0.25, 0.3) is 5.91 Å². The van der Waals surface area contributed by atoms with Crippen molar-refractivity contribution in [1.82, 2.24) is 5.32 Å². The number of hydrogen-bond donors (Lipinski definition) is 2. The van der Waals surface area contributed by atoms with Gasteiger partial charge < -0.3 is 15.2 Å². The van der Waals surface area contributed by atoms with Crippen LogP contribution in [-0.2, 0) is 0 Å². The molecule has 1 rings (SSSR count). The Kier molecular flexibility index (Phi) is 4.73. The zero-order chi connectivity index (χ0) is 13.8. The van der Waals surface area contributed by atoms with Crippen molar-refractivity contribution < 1.29 is 14.6 Å². The number of aliphatic hydroxyl groups is 1. The van der Waals surface area contributed by atoms with Gasteiger partial charge in [-0.3, -0.25) is 4.79 Å². The molecule has 4 heteroatoms. The van der Waals surface area contributed by atoms with Crippen molar-refractivity contribution in [3.8, 4) is 5.75 Å². The standard InChI is InChI=1S/C14H21NO3/c1-10(9-14(2,3)17)15-13(16)11-6-5-7-12(8-11)18-4/h5-8,10,17H,9H2,1-4H3,(H,15,16)/t10-/m1/s1. The van der Waals surface area contributed by atoms with Gasteiger partial charge in [-0.15, -0.1) is 0 Å². The Labute approximate surface area is 108 Å². The van der Waals surface area contributed by atoms with Crippen LogP contribution >= 0.6 is 0 Å². The largest absolute Gasteiger partial charge is 0.497 e. The van der Waals surface area contributed by atoms with Crippen molar-refractivity contribution in [1.29, 1.82) is 0 Å². The van der Waals surface area contributed by atoms with Crippen LogP contribution in [0, 0.1) is 0 Å². The Bertz CT molecular complexity index is 410. The number of hydrogen-bond acceptors (Lipinski definition) is 3. The van der Waals surface area contributed by atoms with E-state index in [1.165, 1.54) is 0 Å². The quantitative estimate of drug-likeness (QED) is 0.841. The second-order valence-corrected chi connectivity index (χ2v) is 5.12. The SMILES string of the molecule is COc1cccc(C(=O)N[C@H](C)CC(C)(C)O)c1. The van der Waals surface area contributed by atoms with Gasteiger partial charge in [-0.1, -0.05) is 6.07 Å². The number of methoxy groups -OCH3 is 1. The lowest BCUT2D eigenvalue weighted by molar-refractivity contribution is 0.0593. The monoisotopic (exact) mass is 251 g/mol. The molecule has 1 aromatic carbocycles. The molecule has 0 aliphatic rings. The molecular formula is C14H21NO3. The molecule has 1 aromatic rings. The molecule has 0 bridgehead atoms. The van der Waals surface area contributed by atoms with Gasteiger partial charge in [0.1, 0.15) is 5.75 Å². The van der Waals surface area contributed by atoms with Gasteiger partial charge in [0.15, 0.2) is 0 Å². The summed E-state index contributed by atoms with van der Waals surface area (Å²) in [5.41, 5.74) is -0.238. The van der Waals surface area contributed by atoms with Gasteiger partial charge in [0.2, 0.25) is 0 Å². The number of benzene rings is 1. The minimum absolute atomic E-state index is 0.0938. The topological polar surface area (TPSA) is 58.6 Å². The number of amides is 1. The van der Waals surface area contributed by atoms with Gasteiger partial charge in [0, 0.05) is 11.6 Å². The minimum Gasteiger partial charge on any atom is -0.497 e. The maximum atomic E-state index is 12.0. The zero-order valence-electron chi connectivity index (χ0n) is 11.4. The molecule has 100 valence electrons. The van der Waals surface area contributed by atoms with Gasteiger partial charge >= 0.3 is 0 Å². The third kappa shape index (κ3) is 4.75. The first-order valence-corrected chi connectivity index (χ1v) is 5.99. The van der Waals surface area contributed by atoms with Crippen LogP contribution in [0.1, 0.15) is 37.6 Å². The summed E-state index contributed by atoms with van der Waals surface area (Å²) in [6.07, 6.45) is 0.503. The number of ether oxygens (including phenoxy) is 1. The number of rotatable bonds is 5. The third-order valence-corrected chi connectivity index (χ3v) is 2.52. The molecule has 0 radical (unpaired) electrons. The van der Waals surface area contributed by atoms with E-state index in [1.54, 1.807) is 45.2 Å². The predicted octanol–water partition coefficient (Wildman–Crippen LogP) is 1.97. The van der Waals surface area contributed by atoms with E-state index in [0.29, 0.717) is 17.7 Å². The van der Waals surface area contributed by atoms with Crippen LogP contribution < -0.4 is 10.1 Å². The summed E-state index contributed by atoms with van der Waals surface area (Å²) < 4.78 is 5.07. The summed E-state index contributed by atoms with van der Waals surface area (Å²) in [6.45, 7) is 5.32. The first-order chi connectivity index (χ1) is 8.31. The van der Waals surface area contributed by atoms with Gasteiger partial charge in [-0.2, -0.15) is 0 Å². The van der Waals surface area contributed by atoms with Crippen molar-refractivity contribution in [2.24, 2.45) is 0 Å². The summed E-state index contributed by atoms with van der Waals surface area (Å²) in [5.74, 6) is 0.489. The molecule has 18 heavy (non-hydrogen) atoms. The Morgan fingerprint density at radius 2 is 2.17 bits per heavy atom. The second-order valence-electron chi connectivity index (χ2n) is 5.12. The Morgan fingerprint density at radius 1 is 1.50 bits per heavy atom. The van der Waals surface area contributed by atoms with Crippen molar-refractivity contribution in [3.05, 3.63) is 29.8 Å². The summed E-state index contributed by atoms with van der Waals surface area (Å²) in [7, 11) is 1.56. The molecule has 0 saturated heterocycles. The zero-order valence-corrected chi connectivity index (χ0v) is 11.4. The smallest absolute Gasteiger partial charge is 0.251 e. The molecule has 0 aliphatic heterocycles.